The zero-order valence-electron chi connectivity index (χ0n) is 29.2. The van der Waals surface area contributed by atoms with E-state index in [1.165, 1.54) is 11.1 Å². The molecule has 52 heavy (non-hydrogen) atoms. The molecule has 0 N–H and O–H groups in total. The molecule has 256 valence electrons. The van der Waals surface area contributed by atoms with Crippen molar-refractivity contribution in [1.82, 2.24) is 0 Å². The van der Waals surface area contributed by atoms with Gasteiger partial charge in [0.15, 0.2) is 0 Å². The van der Waals surface area contributed by atoms with E-state index in [1.807, 2.05) is 30.3 Å². The van der Waals surface area contributed by atoms with Crippen LogP contribution >= 0.6 is 8.24 Å². The molecule has 1 aliphatic rings. The molecule has 2 heterocycles. The summed E-state index contributed by atoms with van der Waals surface area (Å²) in [5, 5.41) is 6.49. The lowest BCUT2D eigenvalue weighted by molar-refractivity contribution is 0.0715. The highest BCUT2D eigenvalue weighted by atomic mass is 31.1. The van der Waals surface area contributed by atoms with E-state index in [4.69, 9.17) is 22.6 Å². The second-order valence-electron chi connectivity index (χ2n) is 13.8. The van der Waals surface area contributed by atoms with Crippen LogP contribution in [0.25, 0.3) is 43.5 Å². The Balaban J connectivity index is 1.30. The Hall–Kier alpha value is -5.61. The van der Waals surface area contributed by atoms with Gasteiger partial charge in [0.1, 0.15) is 29.4 Å². The van der Waals surface area contributed by atoms with Gasteiger partial charge in [-0.15, -0.1) is 0 Å². The van der Waals surface area contributed by atoms with Crippen LogP contribution in [0.5, 0.6) is 0 Å². The van der Waals surface area contributed by atoms with Crippen LogP contribution in [0.1, 0.15) is 27.8 Å². The SMILES string of the molecule is Cc1ccc(CC(Cc2ccc(C)cc2)(Op2oc3ccc4ccccc4c3c3c(ccc4ccccc43)o2)C2COC(c3ccccc3)=N2)cc1. The molecule has 0 spiro atoms. The van der Waals surface area contributed by atoms with Gasteiger partial charge in [0.05, 0.1) is 0 Å². The van der Waals surface area contributed by atoms with Crippen molar-refractivity contribution in [2.75, 3.05) is 6.61 Å². The molecule has 0 saturated carbocycles. The van der Waals surface area contributed by atoms with Crippen LogP contribution in [0, 0.1) is 13.8 Å². The Morgan fingerprint density at radius 2 is 1.10 bits per heavy atom. The van der Waals surface area contributed by atoms with Crippen LogP contribution in [0.3, 0.4) is 0 Å². The third-order valence-electron chi connectivity index (χ3n) is 10.2. The Kier molecular flexibility index (Phi) is 8.39. The van der Waals surface area contributed by atoms with Crippen molar-refractivity contribution < 1.29 is 17.7 Å². The Labute approximate surface area is 303 Å². The molecule has 0 radical (unpaired) electrons. The van der Waals surface area contributed by atoms with E-state index in [0.717, 1.165) is 60.2 Å². The quantitative estimate of drug-likeness (QED) is 0.158. The van der Waals surface area contributed by atoms with E-state index in [-0.39, 0.29) is 6.04 Å². The molecule has 9 rings (SSSR count). The van der Waals surface area contributed by atoms with E-state index in [0.29, 0.717) is 25.3 Å². The lowest BCUT2D eigenvalue weighted by Crippen LogP contribution is -2.51. The first-order valence-electron chi connectivity index (χ1n) is 17.8. The van der Waals surface area contributed by atoms with Gasteiger partial charge in [0.25, 0.3) is 0 Å². The summed E-state index contributed by atoms with van der Waals surface area (Å²) in [5.41, 5.74) is 6.20. The number of aliphatic imine (C=N–C) groups is 1. The zero-order valence-corrected chi connectivity index (χ0v) is 30.1. The molecule has 1 aliphatic heterocycles. The molecule has 5 nitrogen and oxygen atoms in total. The van der Waals surface area contributed by atoms with Crippen LogP contribution in [-0.4, -0.2) is 24.1 Å². The van der Waals surface area contributed by atoms with Gasteiger partial charge in [0, 0.05) is 29.2 Å². The first kappa shape index (κ1) is 32.3. The third kappa shape index (κ3) is 6.17. The minimum Gasteiger partial charge on any atom is -0.475 e. The first-order valence-corrected chi connectivity index (χ1v) is 18.9. The number of fused-ring (bicyclic) bond motifs is 7. The predicted octanol–water partition coefficient (Wildman–Crippen LogP) is 11.7. The molecule has 7 aromatic carbocycles. The molecular weight excluding hydrogens is 661 g/mol. The first-order chi connectivity index (χ1) is 25.5. The van der Waals surface area contributed by atoms with Gasteiger partial charge in [-0.25, -0.2) is 4.99 Å². The zero-order chi connectivity index (χ0) is 35.1. The summed E-state index contributed by atoms with van der Waals surface area (Å²) in [4.78, 5) is 5.29. The summed E-state index contributed by atoms with van der Waals surface area (Å²) >= 11 is 0. The Morgan fingerprint density at radius 1 is 0.596 bits per heavy atom. The minimum absolute atomic E-state index is 0.351. The molecule has 0 amide bonds. The molecule has 1 unspecified atom stereocenters. The molecular formula is C46H38NO4P. The highest BCUT2D eigenvalue weighted by Gasteiger charge is 2.46. The van der Waals surface area contributed by atoms with E-state index >= 15 is 0 Å². The fraction of sp³-hybridized carbons (Fsp3) is 0.152. The van der Waals surface area contributed by atoms with Gasteiger partial charge >= 0.3 is 8.24 Å². The monoisotopic (exact) mass is 699 g/mol. The second kappa shape index (κ2) is 13.5. The van der Waals surface area contributed by atoms with Gasteiger partial charge in [-0.1, -0.05) is 139 Å². The molecule has 1 atom stereocenters. The lowest BCUT2D eigenvalue weighted by atomic mass is 9.82. The summed E-state index contributed by atoms with van der Waals surface area (Å²) in [6.07, 6.45) is 1.14. The average Bonchev–Trinajstić information content (AvgIpc) is 3.62. The van der Waals surface area contributed by atoms with E-state index in [2.05, 4.69) is 135 Å². The van der Waals surface area contributed by atoms with Crippen LogP contribution in [0.4, 0.5) is 0 Å². The van der Waals surface area contributed by atoms with E-state index in [9.17, 15) is 0 Å². The maximum absolute atomic E-state index is 7.47. The topological polar surface area (TPSA) is 57.1 Å². The highest BCUT2D eigenvalue weighted by molar-refractivity contribution is 7.31. The summed E-state index contributed by atoms with van der Waals surface area (Å²) in [6.45, 7) is 4.59. The summed E-state index contributed by atoms with van der Waals surface area (Å²) in [7, 11) is -1.98. The summed E-state index contributed by atoms with van der Waals surface area (Å²) in [5.74, 6) is 0.621. The van der Waals surface area contributed by atoms with Gasteiger partial charge in [-0.3, -0.25) is 4.52 Å². The van der Waals surface area contributed by atoms with Crippen molar-refractivity contribution in [2.24, 2.45) is 4.99 Å². The largest absolute Gasteiger partial charge is 0.475 e. The predicted molar refractivity (Wildman–Crippen MR) is 213 cm³/mol. The second-order valence-corrected chi connectivity index (χ2v) is 14.8. The number of benzene rings is 7. The van der Waals surface area contributed by atoms with Crippen molar-refractivity contribution in [3.05, 3.63) is 179 Å². The van der Waals surface area contributed by atoms with Crippen molar-refractivity contribution in [3.63, 3.8) is 0 Å². The Bertz CT molecular complexity index is 2480. The van der Waals surface area contributed by atoms with Crippen molar-refractivity contribution in [1.29, 1.82) is 0 Å². The van der Waals surface area contributed by atoms with Gasteiger partial charge in [-0.05, 0) is 70.8 Å². The number of hydrogen-bond donors (Lipinski definition) is 0. The van der Waals surface area contributed by atoms with E-state index in [1.54, 1.807) is 0 Å². The number of aryl methyl sites for hydroxylation is 2. The molecule has 6 heteroatoms. The average molecular weight is 700 g/mol. The lowest BCUT2D eigenvalue weighted by Gasteiger charge is -2.35. The number of rotatable bonds is 8. The highest BCUT2D eigenvalue weighted by Crippen LogP contribution is 2.44. The van der Waals surface area contributed by atoms with Crippen LogP contribution in [0.2, 0.25) is 0 Å². The van der Waals surface area contributed by atoms with Gasteiger partial charge in [0.2, 0.25) is 5.90 Å². The molecule has 8 aromatic rings. The maximum Gasteiger partial charge on any atom is 0.388 e. The fourth-order valence-electron chi connectivity index (χ4n) is 7.44. The van der Waals surface area contributed by atoms with Crippen molar-refractivity contribution in [3.8, 4) is 0 Å². The number of nitrogens with zero attached hydrogens (tertiary/aromatic N) is 1. The smallest absolute Gasteiger partial charge is 0.388 e. The molecule has 0 saturated heterocycles. The molecule has 0 aliphatic carbocycles. The maximum atomic E-state index is 7.47. The van der Waals surface area contributed by atoms with Crippen molar-refractivity contribution in [2.45, 2.75) is 38.3 Å². The van der Waals surface area contributed by atoms with Crippen LogP contribution in [0.15, 0.2) is 165 Å². The molecule has 0 bridgehead atoms. The third-order valence-corrected chi connectivity index (χ3v) is 11.4. The van der Waals surface area contributed by atoms with Crippen LogP contribution in [-0.2, 0) is 17.6 Å². The summed E-state index contributed by atoms with van der Waals surface area (Å²) in [6, 6.07) is 52.4. The normalized spacial score (nSPS) is 14.6. The standard InChI is InChI=1S/C46H38NO4P/c1-31-16-20-33(21-17-31)28-46(29-34-22-18-32(2)19-23-34,42-30-48-45(47-42)37-12-4-3-5-13-37)51-52-49-40-26-24-35-10-6-8-14-38(35)43(40)44-39-15-9-7-11-36(39)25-27-41(44)50-52/h3-27,42H,28-30H2,1-2H3. The number of hydrogen-bond acceptors (Lipinski definition) is 5. The minimum atomic E-state index is -1.98. The van der Waals surface area contributed by atoms with Crippen LogP contribution < -0.4 is 4.52 Å². The van der Waals surface area contributed by atoms with E-state index < -0.39 is 13.8 Å². The van der Waals surface area contributed by atoms with Crippen molar-refractivity contribution >= 4 is 57.6 Å². The Morgan fingerprint density at radius 3 is 1.63 bits per heavy atom. The van der Waals surface area contributed by atoms with Gasteiger partial charge < -0.3 is 13.1 Å². The number of ether oxygens (including phenoxy) is 1. The van der Waals surface area contributed by atoms with Gasteiger partial charge in [-0.2, -0.15) is 0 Å². The molecule has 1 aromatic heterocycles. The summed E-state index contributed by atoms with van der Waals surface area (Å²) < 4.78 is 27.8. The molecule has 0 fully saturated rings. The fourth-order valence-corrected chi connectivity index (χ4v) is 8.73.